The van der Waals surface area contributed by atoms with Gasteiger partial charge in [-0.05, 0) is 6.32 Å². The lowest BCUT2D eigenvalue weighted by molar-refractivity contribution is 1.42. The molecular weight excluding hydrogens is 338 g/mol. The first-order chi connectivity index (χ1) is 8.27. The summed E-state index contributed by atoms with van der Waals surface area (Å²) in [6.45, 7) is 0. The molecule has 3 rings (SSSR count). The number of benzene rings is 2. The lowest BCUT2D eigenvalue weighted by Gasteiger charge is -2.10. The van der Waals surface area contributed by atoms with Crippen molar-refractivity contribution in [1.82, 2.24) is 0 Å². The summed E-state index contributed by atoms with van der Waals surface area (Å²) in [6.07, 6.45) is 1.05. The van der Waals surface area contributed by atoms with Crippen molar-refractivity contribution in [3.63, 3.8) is 0 Å². The number of hydrogen-bond donors (Lipinski definition) is 0. The Labute approximate surface area is 119 Å². The van der Waals surface area contributed by atoms with Crippen LogP contribution < -0.4 is 16.4 Å². The third-order valence-corrected chi connectivity index (χ3v) is 5.14. The predicted octanol–water partition coefficient (Wildman–Crippen LogP) is 1.88. The molecule has 1 aliphatic heterocycles. The topological polar surface area (TPSA) is 0 Å². The van der Waals surface area contributed by atoms with Crippen LogP contribution in [0.2, 0.25) is 0 Å². The predicted molar refractivity (Wildman–Crippen MR) is 84.9 cm³/mol. The molecule has 17 heavy (non-hydrogen) atoms. The van der Waals surface area contributed by atoms with Crippen molar-refractivity contribution >= 4 is 59.0 Å². The van der Waals surface area contributed by atoms with Crippen LogP contribution in [0.1, 0.15) is 5.56 Å². The average molecular weight is 348 g/mol. The van der Waals surface area contributed by atoms with Gasteiger partial charge in [-0.25, -0.2) is 0 Å². The number of rotatable bonds is 0. The maximum absolute atomic E-state index is 3.84. The lowest BCUT2D eigenvalue weighted by atomic mass is 9.58. The number of halogens is 2. The zero-order valence-corrected chi connectivity index (χ0v) is 12.4. The Bertz CT molecular complexity index is 557. The summed E-state index contributed by atoms with van der Waals surface area (Å²) in [6, 6.07) is 17.3. The van der Waals surface area contributed by atoms with Crippen LogP contribution in [0.5, 0.6) is 0 Å². The highest BCUT2D eigenvalue weighted by Crippen LogP contribution is 2.12. The van der Waals surface area contributed by atoms with Gasteiger partial charge >= 0.3 is 0 Å². The van der Waals surface area contributed by atoms with E-state index in [9.17, 15) is 0 Å². The first kappa shape index (κ1) is 11.6. The largest absolute Gasteiger partial charge is 0.287 e. The van der Waals surface area contributed by atoms with Crippen molar-refractivity contribution in [2.24, 2.45) is 0 Å². The quantitative estimate of drug-likeness (QED) is 0.638. The fourth-order valence-electron chi connectivity index (χ4n) is 2.46. The molecule has 0 aliphatic carbocycles. The molecule has 2 aromatic rings. The van der Waals surface area contributed by atoms with Gasteiger partial charge in [-0.15, -0.1) is 31.5 Å². The van der Waals surface area contributed by atoms with Gasteiger partial charge in [-0.2, -0.15) is 0 Å². The Morgan fingerprint density at radius 2 is 1.35 bits per heavy atom. The maximum Gasteiger partial charge on any atom is 0.287 e. The summed E-state index contributed by atoms with van der Waals surface area (Å²) in [7, 11) is 0. The second kappa shape index (κ2) is 4.66. The van der Waals surface area contributed by atoms with Gasteiger partial charge in [0.2, 0.25) is 0 Å². The molecule has 0 fully saturated rings. The fraction of sp³-hybridized carbons (Fsp3) is 0.0769. The van der Waals surface area contributed by atoms with Gasteiger partial charge in [0.05, 0.1) is 0 Å². The van der Waals surface area contributed by atoms with Crippen molar-refractivity contribution < 1.29 is 0 Å². The van der Waals surface area contributed by atoms with Crippen LogP contribution >= 0.6 is 31.5 Å². The van der Waals surface area contributed by atoms with Crippen LogP contribution in [-0.2, 0) is 6.32 Å². The molecule has 0 atom stereocenters. The van der Waals surface area contributed by atoms with Gasteiger partial charge in [0.15, 0.2) is 0 Å². The standard InChI is InChI=1S/C13H10B2Br2/c16-14-9-10-5-1-2-6-11(10)15(17)13-8-4-3-7-12(13)14/h1-8H,9H2. The Hall–Kier alpha value is -0.470. The summed E-state index contributed by atoms with van der Waals surface area (Å²) in [4.78, 5) is 0. The SMILES string of the molecule is BrB1Cc2ccccc2B(Br)c2ccccc21. The highest BCUT2D eigenvalue weighted by molar-refractivity contribution is 9.25. The monoisotopic (exact) mass is 346 g/mol. The van der Waals surface area contributed by atoms with E-state index in [4.69, 9.17) is 0 Å². The van der Waals surface area contributed by atoms with E-state index in [2.05, 4.69) is 80.0 Å². The van der Waals surface area contributed by atoms with Crippen LogP contribution in [0.25, 0.3) is 0 Å². The van der Waals surface area contributed by atoms with E-state index in [1.54, 1.807) is 0 Å². The van der Waals surface area contributed by atoms with E-state index in [-0.39, 0.29) is 0 Å². The third-order valence-electron chi connectivity index (χ3n) is 3.33. The molecule has 0 saturated heterocycles. The molecule has 0 bridgehead atoms. The lowest BCUT2D eigenvalue weighted by Crippen LogP contribution is -2.46. The van der Waals surface area contributed by atoms with Gasteiger partial charge in [-0.3, -0.25) is 0 Å². The summed E-state index contributed by atoms with van der Waals surface area (Å²) in [5.74, 6) is 0. The summed E-state index contributed by atoms with van der Waals surface area (Å²) in [5, 5.41) is 0. The van der Waals surface area contributed by atoms with Gasteiger partial charge < -0.3 is 0 Å². The van der Waals surface area contributed by atoms with E-state index in [0.29, 0.717) is 11.1 Å². The number of fused-ring (bicyclic) bond motifs is 2. The van der Waals surface area contributed by atoms with Crippen molar-refractivity contribution in [2.75, 3.05) is 0 Å². The molecule has 2 aromatic carbocycles. The van der Waals surface area contributed by atoms with Crippen molar-refractivity contribution in [3.8, 4) is 0 Å². The Kier molecular flexibility index (Phi) is 3.18. The van der Waals surface area contributed by atoms with Crippen LogP contribution in [0.15, 0.2) is 48.5 Å². The molecule has 82 valence electrons. The van der Waals surface area contributed by atoms with E-state index in [1.165, 1.54) is 22.0 Å². The summed E-state index contributed by atoms with van der Waals surface area (Å²) >= 11 is 7.66. The molecule has 1 aliphatic rings. The normalized spacial score (nSPS) is 14.0. The molecule has 4 heteroatoms. The Morgan fingerprint density at radius 1 is 0.765 bits per heavy atom. The molecule has 0 nitrogen and oxygen atoms in total. The summed E-state index contributed by atoms with van der Waals surface area (Å²) < 4.78 is 0. The van der Waals surface area contributed by atoms with Crippen molar-refractivity contribution in [2.45, 2.75) is 6.32 Å². The molecule has 1 heterocycles. The number of hydrogen-bond acceptors (Lipinski definition) is 0. The van der Waals surface area contributed by atoms with E-state index in [1.807, 2.05) is 0 Å². The van der Waals surface area contributed by atoms with E-state index < -0.39 is 0 Å². The molecular formula is C13H10B2Br2. The van der Waals surface area contributed by atoms with Gasteiger partial charge in [0.25, 0.3) is 11.1 Å². The molecule has 0 aromatic heterocycles. The zero-order valence-electron chi connectivity index (χ0n) is 9.24. The molecule has 0 spiro atoms. The fourth-order valence-corrected chi connectivity index (χ4v) is 4.09. The molecule has 0 saturated carbocycles. The van der Waals surface area contributed by atoms with Gasteiger partial charge in [-0.1, -0.05) is 70.5 Å². The van der Waals surface area contributed by atoms with Crippen LogP contribution in [0, 0.1) is 0 Å². The van der Waals surface area contributed by atoms with Gasteiger partial charge in [0, 0.05) is 0 Å². The third kappa shape index (κ3) is 2.02. The first-order valence-corrected chi connectivity index (χ1v) is 7.55. The molecule has 0 radical (unpaired) electrons. The maximum atomic E-state index is 3.84. The van der Waals surface area contributed by atoms with Crippen LogP contribution in [-0.4, -0.2) is 11.1 Å². The van der Waals surface area contributed by atoms with Crippen LogP contribution in [0.4, 0.5) is 0 Å². The minimum absolute atomic E-state index is 0.303. The highest BCUT2D eigenvalue weighted by atomic mass is 79.9. The Morgan fingerprint density at radius 3 is 2.12 bits per heavy atom. The molecule has 0 N–H and O–H groups in total. The summed E-state index contributed by atoms with van der Waals surface area (Å²) in [5.41, 5.74) is 6.29. The van der Waals surface area contributed by atoms with Gasteiger partial charge in [0.1, 0.15) is 0 Å². The van der Waals surface area contributed by atoms with Crippen molar-refractivity contribution in [1.29, 1.82) is 0 Å². The van der Waals surface area contributed by atoms with Crippen molar-refractivity contribution in [3.05, 3.63) is 54.1 Å². The van der Waals surface area contributed by atoms with E-state index in [0.717, 1.165) is 6.32 Å². The highest BCUT2D eigenvalue weighted by Gasteiger charge is 2.29. The average Bonchev–Trinajstić information content (AvgIpc) is 2.48. The second-order valence-corrected chi connectivity index (χ2v) is 6.38. The molecule has 0 amide bonds. The van der Waals surface area contributed by atoms with E-state index >= 15 is 0 Å². The minimum atomic E-state index is 0.303. The minimum Gasteiger partial charge on any atom is -0.149 e. The molecule has 0 unspecified atom stereocenters. The smallest absolute Gasteiger partial charge is 0.149 e. The second-order valence-electron chi connectivity index (χ2n) is 4.36. The Balaban J connectivity index is 2.22. The van der Waals surface area contributed by atoms with Crippen LogP contribution in [0.3, 0.4) is 0 Å². The zero-order chi connectivity index (χ0) is 11.8. The first-order valence-electron chi connectivity index (χ1n) is 5.72.